The van der Waals surface area contributed by atoms with Crippen LogP contribution in [0.1, 0.15) is 69.5 Å². The van der Waals surface area contributed by atoms with Crippen LogP contribution >= 0.6 is 9.24 Å². The first-order valence-electron chi connectivity index (χ1n) is 8.35. The molecule has 0 aromatic heterocycles. The van der Waals surface area contributed by atoms with Crippen molar-refractivity contribution in [1.29, 1.82) is 0 Å². The van der Waals surface area contributed by atoms with E-state index < -0.39 is 0 Å². The Morgan fingerprint density at radius 1 is 0.708 bits per heavy atom. The molecule has 2 aromatic rings. The second-order valence-corrected chi connectivity index (χ2v) is 9.13. The minimum atomic E-state index is -0.172. The normalized spacial score (nSPS) is 12.7. The van der Waals surface area contributed by atoms with Crippen molar-refractivity contribution >= 4 is 9.24 Å². The number of aromatic hydroxyl groups is 2. The molecule has 3 heteroatoms. The average molecular weight is 344 g/mol. The minimum absolute atomic E-state index is 0.139. The van der Waals surface area contributed by atoms with E-state index in [2.05, 4.69) is 50.8 Å². The van der Waals surface area contributed by atoms with Gasteiger partial charge in [-0.05, 0) is 22.0 Å². The summed E-state index contributed by atoms with van der Waals surface area (Å²) in [6.45, 7) is 12.5. The van der Waals surface area contributed by atoms with Crippen LogP contribution in [-0.2, 0) is 10.8 Å². The van der Waals surface area contributed by atoms with Crippen LogP contribution in [0.25, 0.3) is 0 Å². The molecule has 1 atom stereocenters. The number of hydrogen-bond acceptors (Lipinski definition) is 2. The molecule has 0 aliphatic rings. The number of para-hydroxylation sites is 2. The van der Waals surface area contributed by atoms with Crippen LogP contribution in [0, 0.1) is 0 Å². The van der Waals surface area contributed by atoms with E-state index in [1.165, 1.54) is 0 Å². The second-order valence-electron chi connectivity index (χ2n) is 8.46. The molecule has 2 rings (SSSR count). The number of phenols is 2. The lowest BCUT2D eigenvalue weighted by molar-refractivity contribution is 0.435. The summed E-state index contributed by atoms with van der Waals surface area (Å²) in [5, 5.41) is 21.6. The highest BCUT2D eigenvalue weighted by Crippen LogP contribution is 2.45. The van der Waals surface area contributed by atoms with Crippen LogP contribution in [0.2, 0.25) is 0 Å². The number of rotatable bonds is 2. The molecule has 0 saturated carbocycles. The lowest BCUT2D eigenvalue weighted by Gasteiger charge is -2.26. The van der Waals surface area contributed by atoms with Gasteiger partial charge in [-0.15, -0.1) is 9.24 Å². The third-order valence-corrected chi connectivity index (χ3v) is 5.14. The first-order valence-corrected chi connectivity index (χ1v) is 9.01. The lowest BCUT2D eigenvalue weighted by Crippen LogP contribution is -2.13. The maximum Gasteiger partial charge on any atom is 0.123 e. The van der Waals surface area contributed by atoms with Gasteiger partial charge in [-0.3, -0.25) is 0 Å². The van der Waals surface area contributed by atoms with Gasteiger partial charge in [0.2, 0.25) is 0 Å². The molecule has 0 fully saturated rings. The van der Waals surface area contributed by atoms with E-state index in [1.807, 2.05) is 36.4 Å². The first kappa shape index (κ1) is 18.8. The van der Waals surface area contributed by atoms with Crippen LogP contribution in [0.15, 0.2) is 36.4 Å². The molecule has 2 aromatic carbocycles. The lowest BCUT2D eigenvalue weighted by atomic mass is 9.83. The van der Waals surface area contributed by atoms with Gasteiger partial charge in [0, 0.05) is 16.8 Å². The molecule has 2 N–H and O–H groups in total. The largest absolute Gasteiger partial charge is 0.507 e. The van der Waals surface area contributed by atoms with Gasteiger partial charge in [0.05, 0.1) is 0 Å². The minimum Gasteiger partial charge on any atom is -0.507 e. The van der Waals surface area contributed by atoms with Crippen LogP contribution in [0.4, 0.5) is 0 Å². The van der Waals surface area contributed by atoms with E-state index >= 15 is 0 Å². The fourth-order valence-corrected chi connectivity index (χ4v) is 3.54. The molecule has 24 heavy (non-hydrogen) atoms. The summed E-state index contributed by atoms with van der Waals surface area (Å²) in [6.07, 6.45) is 0. The molecule has 0 radical (unpaired) electrons. The summed E-state index contributed by atoms with van der Waals surface area (Å²) in [5.41, 5.74) is 3.01. The van der Waals surface area contributed by atoms with E-state index in [9.17, 15) is 10.2 Å². The Kier molecular flexibility index (Phi) is 5.02. The van der Waals surface area contributed by atoms with Gasteiger partial charge in [-0.2, -0.15) is 0 Å². The standard InChI is InChI=1S/C21H29O2P/c1-20(2,3)15-11-7-9-13(17(15)22)19(24)14-10-8-12-16(18(14)23)21(4,5)6/h7-12,19,22-23H,24H2,1-6H3. The van der Waals surface area contributed by atoms with E-state index in [1.54, 1.807) is 0 Å². The van der Waals surface area contributed by atoms with Crippen LogP contribution in [-0.4, -0.2) is 10.2 Å². The molecular weight excluding hydrogens is 315 g/mol. The van der Waals surface area contributed by atoms with E-state index in [-0.39, 0.29) is 16.5 Å². The highest BCUT2D eigenvalue weighted by molar-refractivity contribution is 7.17. The van der Waals surface area contributed by atoms with Gasteiger partial charge < -0.3 is 10.2 Å². The molecule has 0 spiro atoms. The van der Waals surface area contributed by atoms with Gasteiger partial charge in [0.1, 0.15) is 11.5 Å². The van der Waals surface area contributed by atoms with Crippen molar-refractivity contribution in [2.24, 2.45) is 0 Å². The summed E-state index contributed by atoms with van der Waals surface area (Å²) >= 11 is 0. The number of hydrogen-bond donors (Lipinski definition) is 2. The Morgan fingerprint density at radius 2 is 1.04 bits per heavy atom. The number of phenolic OH excluding ortho intramolecular Hbond substituents is 2. The van der Waals surface area contributed by atoms with E-state index in [0.29, 0.717) is 11.5 Å². The molecule has 2 nitrogen and oxygen atoms in total. The maximum absolute atomic E-state index is 10.8. The van der Waals surface area contributed by atoms with Gasteiger partial charge in [0.15, 0.2) is 0 Å². The zero-order valence-corrected chi connectivity index (χ0v) is 16.7. The van der Waals surface area contributed by atoms with Crippen molar-refractivity contribution in [3.63, 3.8) is 0 Å². The highest BCUT2D eigenvalue weighted by Gasteiger charge is 2.26. The van der Waals surface area contributed by atoms with Crippen molar-refractivity contribution in [2.45, 2.75) is 58.0 Å². The van der Waals surface area contributed by atoms with Gasteiger partial charge in [-0.1, -0.05) is 77.9 Å². The molecule has 0 amide bonds. The Bertz CT molecular complexity index is 673. The monoisotopic (exact) mass is 344 g/mol. The average Bonchev–Trinajstić information content (AvgIpc) is 2.44. The molecule has 0 aliphatic heterocycles. The fourth-order valence-electron chi connectivity index (χ4n) is 3.00. The summed E-state index contributed by atoms with van der Waals surface area (Å²) in [7, 11) is 2.76. The third-order valence-electron chi connectivity index (χ3n) is 4.42. The Labute approximate surface area is 148 Å². The summed E-state index contributed by atoms with van der Waals surface area (Å²) in [6, 6.07) is 11.7. The molecule has 130 valence electrons. The predicted molar refractivity (Wildman–Crippen MR) is 105 cm³/mol. The van der Waals surface area contributed by atoms with Crippen molar-refractivity contribution in [3.8, 4) is 11.5 Å². The van der Waals surface area contributed by atoms with Gasteiger partial charge in [0.25, 0.3) is 0 Å². The predicted octanol–water partition coefficient (Wildman–Crippen LogP) is 5.66. The molecule has 0 saturated heterocycles. The van der Waals surface area contributed by atoms with Gasteiger partial charge >= 0.3 is 0 Å². The molecule has 0 bridgehead atoms. The topological polar surface area (TPSA) is 40.5 Å². The van der Waals surface area contributed by atoms with Crippen molar-refractivity contribution in [1.82, 2.24) is 0 Å². The number of benzene rings is 2. The van der Waals surface area contributed by atoms with Crippen molar-refractivity contribution in [3.05, 3.63) is 58.7 Å². The Balaban J connectivity index is 2.57. The fraction of sp³-hybridized carbons (Fsp3) is 0.429. The summed E-state index contributed by atoms with van der Waals surface area (Å²) in [4.78, 5) is 0. The van der Waals surface area contributed by atoms with E-state index in [0.717, 1.165) is 22.3 Å². The Morgan fingerprint density at radius 3 is 1.33 bits per heavy atom. The van der Waals surface area contributed by atoms with E-state index in [4.69, 9.17) is 0 Å². The second kappa shape index (κ2) is 6.41. The molecular formula is C21H29O2P. The maximum atomic E-state index is 10.8. The zero-order valence-electron chi connectivity index (χ0n) is 15.5. The first-order chi connectivity index (χ1) is 10.9. The smallest absolute Gasteiger partial charge is 0.123 e. The molecule has 0 aliphatic carbocycles. The summed E-state index contributed by atoms with van der Waals surface area (Å²) in [5.74, 6) is 0.621. The Hall–Kier alpha value is -1.53. The van der Waals surface area contributed by atoms with Crippen LogP contribution < -0.4 is 0 Å². The quantitative estimate of drug-likeness (QED) is 0.690. The van der Waals surface area contributed by atoms with Crippen molar-refractivity contribution in [2.75, 3.05) is 0 Å². The SMILES string of the molecule is CC(C)(C)c1cccc(C(P)c2cccc(C(C)(C)C)c2O)c1O. The van der Waals surface area contributed by atoms with Crippen LogP contribution in [0.5, 0.6) is 11.5 Å². The van der Waals surface area contributed by atoms with Gasteiger partial charge in [-0.25, -0.2) is 0 Å². The molecule has 0 heterocycles. The van der Waals surface area contributed by atoms with Crippen LogP contribution in [0.3, 0.4) is 0 Å². The molecule has 1 unspecified atom stereocenters. The highest BCUT2D eigenvalue weighted by atomic mass is 31.0. The zero-order chi connectivity index (χ0) is 18.3. The summed E-state index contributed by atoms with van der Waals surface area (Å²) < 4.78 is 0. The van der Waals surface area contributed by atoms with Crippen molar-refractivity contribution < 1.29 is 10.2 Å². The third kappa shape index (κ3) is 3.59.